The number of aromatic nitrogens is 2. The lowest BCUT2D eigenvalue weighted by Crippen LogP contribution is -1.84. The lowest BCUT2D eigenvalue weighted by atomic mass is 10.7. The third-order valence-electron chi connectivity index (χ3n) is 0.887. The fourth-order valence-electron chi connectivity index (χ4n) is 0.476. The topological polar surface area (TPSA) is 63.1 Å². The molecular weight excluding hydrogens is 196 g/mol. The third-order valence-corrected chi connectivity index (χ3v) is 2.61. The smallest absolute Gasteiger partial charge is 0.328 e. The minimum Gasteiger partial charge on any atom is -0.478 e. The van der Waals surface area contributed by atoms with Crippen LogP contribution in [-0.2, 0) is 4.79 Å². The summed E-state index contributed by atoms with van der Waals surface area (Å²) in [5.41, 5.74) is 0. The van der Waals surface area contributed by atoms with Crippen LogP contribution in [0.3, 0.4) is 0 Å². The fourth-order valence-corrected chi connectivity index (χ4v) is 2.00. The Balaban J connectivity index is 2.48. The molecule has 1 rings (SSSR count). The summed E-state index contributed by atoms with van der Waals surface area (Å²) in [5.74, 6) is -0.955. The van der Waals surface area contributed by atoms with Crippen LogP contribution < -0.4 is 0 Å². The summed E-state index contributed by atoms with van der Waals surface area (Å²) < 4.78 is 0.755. The zero-order valence-corrected chi connectivity index (χ0v) is 7.85. The number of aliphatic carboxylic acids is 1. The highest BCUT2D eigenvalue weighted by Crippen LogP contribution is 2.22. The molecule has 1 aromatic rings. The minimum absolute atomic E-state index is 0.755. The second-order valence-corrected chi connectivity index (χ2v) is 4.18. The van der Waals surface area contributed by atoms with Crippen LogP contribution in [0.5, 0.6) is 0 Å². The summed E-state index contributed by atoms with van der Waals surface area (Å²) in [7, 11) is 0. The summed E-state index contributed by atoms with van der Waals surface area (Å²) in [4.78, 5) is 10.1. The van der Waals surface area contributed by atoms with Crippen molar-refractivity contribution in [2.24, 2.45) is 0 Å². The molecule has 64 valence electrons. The fraction of sp³-hybridized carbons (Fsp3) is 0.167. The van der Waals surface area contributed by atoms with Gasteiger partial charge in [0.05, 0.1) is 0 Å². The number of thioether (sulfide) groups is 1. The largest absolute Gasteiger partial charge is 0.478 e. The highest BCUT2D eigenvalue weighted by Gasteiger charge is 1.97. The van der Waals surface area contributed by atoms with Gasteiger partial charge in [-0.15, -0.1) is 10.2 Å². The van der Waals surface area contributed by atoms with E-state index in [1.54, 1.807) is 0 Å². The molecule has 1 heterocycles. The molecule has 0 aromatic carbocycles. The van der Waals surface area contributed by atoms with Crippen LogP contribution in [0.25, 0.3) is 0 Å². The molecule has 0 amide bonds. The van der Waals surface area contributed by atoms with Crippen molar-refractivity contribution >= 4 is 29.1 Å². The van der Waals surface area contributed by atoms with Gasteiger partial charge in [0.2, 0.25) is 0 Å². The van der Waals surface area contributed by atoms with E-state index in [2.05, 4.69) is 10.2 Å². The van der Waals surface area contributed by atoms with E-state index in [0.29, 0.717) is 0 Å². The molecule has 6 heteroatoms. The zero-order valence-electron chi connectivity index (χ0n) is 6.22. The molecule has 0 saturated heterocycles. The van der Waals surface area contributed by atoms with E-state index in [9.17, 15) is 4.79 Å². The number of carbonyl (C=O) groups is 1. The monoisotopic (exact) mass is 202 g/mol. The minimum atomic E-state index is -0.955. The van der Waals surface area contributed by atoms with Crippen LogP contribution in [-0.4, -0.2) is 21.3 Å². The number of hydrogen-bond acceptors (Lipinski definition) is 5. The lowest BCUT2D eigenvalue weighted by molar-refractivity contribution is -0.131. The molecule has 0 bridgehead atoms. The molecule has 0 fully saturated rings. The molecule has 0 spiro atoms. The van der Waals surface area contributed by atoms with Crippen molar-refractivity contribution < 1.29 is 9.90 Å². The number of nitrogens with zero attached hydrogens (tertiary/aromatic N) is 2. The van der Waals surface area contributed by atoms with Crippen LogP contribution in [0.15, 0.2) is 15.8 Å². The van der Waals surface area contributed by atoms with Crippen LogP contribution in [0.1, 0.15) is 5.01 Å². The quantitative estimate of drug-likeness (QED) is 0.595. The van der Waals surface area contributed by atoms with Crippen molar-refractivity contribution in [2.45, 2.75) is 11.3 Å². The van der Waals surface area contributed by atoms with E-state index < -0.39 is 5.97 Å². The Morgan fingerprint density at radius 1 is 1.67 bits per heavy atom. The third kappa shape index (κ3) is 3.02. The van der Waals surface area contributed by atoms with Crippen molar-refractivity contribution in [3.8, 4) is 0 Å². The lowest BCUT2D eigenvalue weighted by Gasteiger charge is -1.81. The molecule has 12 heavy (non-hydrogen) atoms. The molecule has 0 unspecified atom stereocenters. The van der Waals surface area contributed by atoms with E-state index in [4.69, 9.17) is 5.11 Å². The average molecular weight is 202 g/mol. The summed E-state index contributed by atoms with van der Waals surface area (Å²) in [6.07, 6.45) is 1.07. The first-order chi connectivity index (χ1) is 5.68. The van der Waals surface area contributed by atoms with Gasteiger partial charge in [-0.25, -0.2) is 4.79 Å². The molecule has 1 N–H and O–H groups in total. The second kappa shape index (κ2) is 4.22. The van der Waals surface area contributed by atoms with E-state index in [1.165, 1.54) is 28.5 Å². The Morgan fingerprint density at radius 3 is 2.92 bits per heavy atom. The summed E-state index contributed by atoms with van der Waals surface area (Å²) in [6, 6.07) is 0. The van der Waals surface area contributed by atoms with E-state index in [-0.39, 0.29) is 0 Å². The Hall–Kier alpha value is -0.880. The average Bonchev–Trinajstić information content (AvgIpc) is 2.35. The van der Waals surface area contributed by atoms with E-state index >= 15 is 0 Å². The van der Waals surface area contributed by atoms with Gasteiger partial charge >= 0.3 is 5.97 Å². The molecule has 0 radical (unpaired) electrons. The predicted octanol–water partition coefficient (Wildman–Crippen LogP) is 1.54. The van der Waals surface area contributed by atoms with Gasteiger partial charge in [-0.05, 0) is 12.3 Å². The number of aryl methyl sites for hydroxylation is 1. The molecule has 1 aromatic heterocycles. The molecule has 0 atom stereocenters. The first-order valence-corrected chi connectivity index (χ1v) is 4.74. The van der Waals surface area contributed by atoms with Gasteiger partial charge in [-0.2, -0.15) is 0 Å². The van der Waals surface area contributed by atoms with E-state index in [0.717, 1.165) is 15.4 Å². The van der Waals surface area contributed by atoms with Gasteiger partial charge in [-0.1, -0.05) is 23.1 Å². The van der Waals surface area contributed by atoms with Crippen molar-refractivity contribution in [3.05, 3.63) is 16.5 Å². The maximum Gasteiger partial charge on any atom is 0.328 e. The number of carboxylic acids is 1. The van der Waals surface area contributed by atoms with Gasteiger partial charge in [-0.3, -0.25) is 0 Å². The first-order valence-electron chi connectivity index (χ1n) is 3.05. The van der Waals surface area contributed by atoms with Crippen molar-refractivity contribution in [3.63, 3.8) is 0 Å². The van der Waals surface area contributed by atoms with Gasteiger partial charge in [0, 0.05) is 6.08 Å². The van der Waals surface area contributed by atoms with Crippen LogP contribution in [0.4, 0.5) is 0 Å². The molecule has 0 saturated carbocycles. The van der Waals surface area contributed by atoms with Crippen LogP contribution >= 0.6 is 23.1 Å². The van der Waals surface area contributed by atoms with E-state index in [1.807, 2.05) is 6.92 Å². The summed E-state index contributed by atoms with van der Waals surface area (Å²) >= 11 is 2.69. The number of rotatable bonds is 3. The Bertz CT molecular complexity index is 308. The van der Waals surface area contributed by atoms with Crippen molar-refractivity contribution in [1.29, 1.82) is 0 Å². The Labute approximate surface area is 77.3 Å². The Morgan fingerprint density at radius 2 is 2.42 bits per heavy atom. The molecule has 0 aliphatic heterocycles. The van der Waals surface area contributed by atoms with Crippen molar-refractivity contribution in [2.75, 3.05) is 0 Å². The van der Waals surface area contributed by atoms with Gasteiger partial charge < -0.3 is 5.11 Å². The van der Waals surface area contributed by atoms with Gasteiger partial charge in [0.15, 0.2) is 4.34 Å². The van der Waals surface area contributed by atoms with Crippen LogP contribution in [0, 0.1) is 6.92 Å². The predicted molar refractivity (Wildman–Crippen MR) is 47.3 cm³/mol. The van der Waals surface area contributed by atoms with Crippen molar-refractivity contribution in [1.82, 2.24) is 10.2 Å². The first kappa shape index (κ1) is 9.21. The highest BCUT2D eigenvalue weighted by molar-refractivity contribution is 8.03. The van der Waals surface area contributed by atoms with Gasteiger partial charge in [0.1, 0.15) is 5.01 Å². The summed E-state index contributed by atoms with van der Waals surface area (Å²) in [5, 5.41) is 18.2. The van der Waals surface area contributed by atoms with Crippen LogP contribution in [0.2, 0.25) is 0 Å². The number of hydrogen-bond donors (Lipinski definition) is 1. The highest BCUT2D eigenvalue weighted by atomic mass is 32.2. The van der Waals surface area contributed by atoms with Gasteiger partial charge in [0.25, 0.3) is 0 Å². The molecular formula is C6H6N2O2S2. The normalized spacial score (nSPS) is 10.8. The summed E-state index contributed by atoms with van der Waals surface area (Å²) in [6.45, 7) is 1.85. The SMILES string of the molecule is Cc1nnc(S/C=C/C(=O)O)s1. The molecule has 0 aliphatic carbocycles. The Kier molecular flexibility index (Phi) is 3.24. The zero-order chi connectivity index (χ0) is 8.97. The molecule has 0 aliphatic rings. The number of carboxylic acid groups (broad SMARTS) is 1. The second-order valence-electron chi connectivity index (χ2n) is 1.85. The maximum absolute atomic E-state index is 10.1. The molecule has 4 nitrogen and oxygen atoms in total. The maximum atomic E-state index is 10.1. The standard InChI is InChI=1S/C6H6N2O2S2/c1-4-7-8-6(12-4)11-3-2-5(9)10/h2-3H,1H3,(H,9,10)/b3-2+.